The third-order valence-corrected chi connectivity index (χ3v) is 8.53. The number of rotatable bonds is 2. The van der Waals surface area contributed by atoms with Crippen molar-refractivity contribution in [2.45, 2.75) is 24.7 Å². The van der Waals surface area contributed by atoms with E-state index in [1.165, 1.54) is 0 Å². The van der Waals surface area contributed by atoms with Gasteiger partial charge >= 0.3 is 0 Å². The first-order valence-corrected chi connectivity index (χ1v) is 12.8. The first-order chi connectivity index (χ1) is 18.1. The van der Waals surface area contributed by atoms with Gasteiger partial charge in [0.1, 0.15) is 11.2 Å². The van der Waals surface area contributed by atoms with Gasteiger partial charge in [-0.05, 0) is 32.7 Å². The second-order valence-corrected chi connectivity index (χ2v) is 10.3. The summed E-state index contributed by atoms with van der Waals surface area (Å²) in [4.78, 5) is 42.7. The van der Waals surface area contributed by atoms with Crippen LogP contribution >= 0.6 is 0 Å². The lowest BCUT2D eigenvalue weighted by molar-refractivity contribution is -0.122. The largest absolute Gasteiger partial charge is 0.300 e. The van der Waals surface area contributed by atoms with E-state index in [2.05, 4.69) is 0 Å². The van der Waals surface area contributed by atoms with E-state index in [0.29, 0.717) is 11.1 Å². The maximum Gasteiger partial charge on any atom is 0.178 e. The number of benzene rings is 5. The summed E-state index contributed by atoms with van der Waals surface area (Å²) in [7, 11) is 0. The monoisotopic (exact) mass is 480 g/mol. The smallest absolute Gasteiger partial charge is 0.178 e. The van der Waals surface area contributed by atoms with E-state index in [4.69, 9.17) is 0 Å². The van der Waals surface area contributed by atoms with E-state index in [0.717, 1.165) is 32.7 Å². The van der Waals surface area contributed by atoms with Gasteiger partial charge in [0.05, 0.1) is 0 Å². The maximum atomic E-state index is 14.6. The first kappa shape index (κ1) is 21.9. The van der Waals surface area contributed by atoms with Gasteiger partial charge in [0, 0.05) is 35.8 Å². The van der Waals surface area contributed by atoms with Crippen LogP contribution < -0.4 is 0 Å². The Kier molecular flexibility index (Phi) is 4.77. The molecule has 0 radical (unpaired) electrons. The molecule has 1 spiro atoms. The molecule has 1 saturated carbocycles. The highest BCUT2D eigenvalue weighted by Gasteiger charge is 2.64. The fourth-order valence-electron chi connectivity index (χ4n) is 6.98. The van der Waals surface area contributed by atoms with E-state index in [1.54, 1.807) is 12.1 Å². The molecule has 0 amide bonds. The van der Waals surface area contributed by atoms with Crippen LogP contribution in [0, 0.1) is 5.41 Å². The summed E-state index contributed by atoms with van der Waals surface area (Å²) < 4.78 is 0. The van der Waals surface area contributed by atoms with Gasteiger partial charge in [-0.1, -0.05) is 109 Å². The second-order valence-electron chi connectivity index (χ2n) is 10.3. The Morgan fingerprint density at radius 2 is 0.892 bits per heavy atom. The van der Waals surface area contributed by atoms with Crippen molar-refractivity contribution < 1.29 is 14.4 Å². The van der Waals surface area contributed by atoms with E-state index in [1.807, 2.05) is 97.1 Å². The number of carbonyl (C=O) groups is 3. The maximum absolute atomic E-state index is 14.6. The summed E-state index contributed by atoms with van der Waals surface area (Å²) >= 11 is 0. The van der Waals surface area contributed by atoms with Gasteiger partial charge in [-0.2, -0.15) is 0 Å². The number of Topliss-reactive ketones (excluding diaryl/α,β-unsaturated/α-hetero) is 3. The predicted octanol–water partition coefficient (Wildman–Crippen LogP) is 7.29. The zero-order valence-electron chi connectivity index (χ0n) is 20.2. The van der Waals surface area contributed by atoms with E-state index < -0.39 is 17.3 Å². The molecule has 0 heterocycles. The Morgan fingerprint density at radius 3 is 1.38 bits per heavy atom. The fourth-order valence-corrected chi connectivity index (χ4v) is 6.98. The lowest BCUT2D eigenvalue weighted by Crippen LogP contribution is -2.49. The highest BCUT2D eigenvalue weighted by Crippen LogP contribution is 2.61. The average Bonchev–Trinajstić information content (AvgIpc) is 3.16. The van der Waals surface area contributed by atoms with Crippen LogP contribution in [0.15, 0.2) is 109 Å². The molecular formula is C34H24O3. The summed E-state index contributed by atoms with van der Waals surface area (Å²) in [6.45, 7) is 0. The zero-order valence-corrected chi connectivity index (χ0v) is 20.2. The van der Waals surface area contributed by atoms with Crippen LogP contribution in [0.3, 0.4) is 0 Å². The molecule has 0 N–H and O–H groups in total. The molecule has 3 heteroatoms. The van der Waals surface area contributed by atoms with Crippen molar-refractivity contribution in [3.8, 4) is 0 Å². The van der Waals surface area contributed by atoms with Gasteiger partial charge in [0.15, 0.2) is 11.6 Å². The predicted molar refractivity (Wildman–Crippen MR) is 145 cm³/mol. The van der Waals surface area contributed by atoms with Gasteiger partial charge < -0.3 is 0 Å². The van der Waals surface area contributed by atoms with Crippen LogP contribution in [-0.2, 0) is 4.79 Å². The van der Waals surface area contributed by atoms with Crippen LogP contribution in [-0.4, -0.2) is 17.3 Å². The molecule has 0 aliphatic heterocycles. The van der Waals surface area contributed by atoms with Crippen LogP contribution in [0.25, 0.3) is 21.5 Å². The normalized spacial score (nSPS) is 20.6. The fraction of sp³-hybridized carbons (Fsp3) is 0.147. The molecule has 7 rings (SSSR count). The van der Waals surface area contributed by atoms with Crippen LogP contribution in [0.1, 0.15) is 56.5 Å². The van der Waals surface area contributed by atoms with Crippen LogP contribution in [0.4, 0.5) is 0 Å². The molecule has 0 bridgehead atoms. The second kappa shape index (κ2) is 8.07. The van der Waals surface area contributed by atoms with E-state index in [-0.39, 0.29) is 30.2 Å². The van der Waals surface area contributed by atoms with Crippen LogP contribution in [0.5, 0.6) is 0 Å². The molecule has 3 nitrogen and oxygen atoms in total. The van der Waals surface area contributed by atoms with Gasteiger partial charge in [-0.3, -0.25) is 14.4 Å². The minimum atomic E-state index is -1.38. The molecule has 5 aromatic rings. The minimum Gasteiger partial charge on any atom is -0.300 e. The van der Waals surface area contributed by atoms with Crippen molar-refractivity contribution >= 4 is 38.9 Å². The quantitative estimate of drug-likeness (QED) is 0.249. The summed E-state index contributed by atoms with van der Waals surface area (Å²) in [5, 5.41) is 4.03. The van der Waals surface area contributed by atoms with Crippen molar-refractivity contribution in [2.75, 3.05) is 0 Å². The van der Waals surface area contributed by atoms with E-state index >= 15 is 0 Å². The zero-order chi connectivity index (χ0) is 25.1. The molecule has 37 heavy (non-hydrogen) atoms. The summed E-state index contributed by atoms with van der Waals surface area (Å²) in [5.41, 5.74) is 1.35. The standard InChI is InChI=1S/C34H24O3/c35-23-19-30(26-17-7-11-21-9-1-3-13-24(21)26)34(32(36)28-15-5-6-16-29(28)33(34)37)31(20-23)27-18-8-12-22-10-2-4-14-25(22)27/h1-18,30-31H,19-20H2/t30-,31+. The third-order valence-electron chi connectivity index (χ3n) is 8.53. The van der Waals surface area contributed by atoms with Gasteiger partial charge in [-0.25, -0.2) is 0 Å². The lowest BCUT2D eigenvalue weighted by atomic mass is 9.53. The Labute approximate surface area is 214 Å². The van der Waals surface area contributed by atoms with Crippen molar-refractivity contribution in [3.63, 3.8) is 0 Å². The van der Waals surface area contributed by atoms with Crippen LogP contribution in [0.2, 0.25) is 0 Å². The molecule has 2 aliphatic rings. The number of hydrogen-bond acceptors (Lipinski definition) is 3. The Hall–Kier alpha value is -4.37. The molecule has 2 aliphatic carbocycles. The molecule has 0 unspecified atom stereocenters. The highest BCUT2D eigenvalue weighted by atomic mass is 16.2. The Balaban J connectivity index is 1.57. The summed E-state index contributed by atoms with van der Waals surface area (Å²) in [6, 6.07) is 35.2. The van der Waals surface area contributed by atoms with Crippen molar-refractivity contribution in [1.29, 1.82) is 0 Å². The van der Waals surface area contributed by atoms with Crippen molar-refractivity contribution in [1.82, 2.24) is 0 Å². The number of carbonyl (C=O) groups excluding carboxylic acids is 3. The van der Waals surface area contributed by atoms with E-state index in [9.17, 15) is 14.4 Å². The summed E-state index contributed by atoms with van der Waals surface area (Å²) in [5.74, 6) is -1.35. The van der Waals surface area contributed by atoms with Gasteiger partial charge in [0.25, 0.3) is 0 Å². The first-order valence-electron chi connectivity index (χ1n) is 12.8. The molecule has 5 aromatic carbocycles. The Bertz CT molecular complexity index is 1620. The molecule has 1 fully saturated rings. The lowest BCUT2D eigenvalue weighted by Gasteiger charge is -2.45. The minimum absolute atomic E-state index is 0.0815. The molecule has 2 atom stereocenters. The summed E-state index contributed by atoms with van der Waals surface area (Å²) in [6.07, 6.45) is 0.335. The van der Waals surface area contributed by atoms with Gasteiger partial charge in [0.2, 0.25) is 0 Å². The average molecular weight is 481 g/mol. The third kappa shape index (κ3) is 2.97. The number of ketones is 3. The molecular weight excluding hydrogens is 456 g/mol. The molecule has 0 saturated heterocycles. The van der Waals surface area contributed by atoms with Gasteiger partial charge in [-0.15, -0.1) is 0 Å². The SMILES string of the molecule is O=C1C[C@H](c2cccc3ccccc23)C2(C(=O)c3ccccc3C2=O)[C@H](c2cccc3ccccc23)C1. The topological polar surface area (TPSA) is 51.2 Å². The molecule has 0 aromatic heterocycles. The highest BCUT2D eigenvalue weighted by molar-refractivity contribution is 6.31. The number of hydrogen-bond donors (Lipinski definition) is 0. The number of fused-ring (bicyclic) bond motifs is 3. The van der Waals surface area contributed by atoms with Crippen molar-refractivity contribution in [3.05, 3.63) is 131 Å². The Morgan fingerprint density at radius 1 is 0.486 bits per heavy atom. The molecule has 178 valence electrons. The van der Waals surface area contributed by atoms with Crippen molar-refractivity contribution in [2.24, 2.45) is 5.41 Å².